The van der Waals surface area contributed by atoms with Crippen LogP contribution in [0.4, 0.5) is 39.5 Å². The Balaban J connectivity index is 1.85. The normalized spacial score (nSPS) is 17.1. The number of aliphatic imine (C=N–C) groups is 1. The summed E-state index contributed by atoms with van der Waals surface area (Å²) in [5.41, 5.74) is -2.81. The number of guanidine groups is 1. The van der Waals surface area contributed by atoms with Crippen molar-refractivity contribution in [1.29, 1.82) is 0 Å². The van der Waals surface area contributed by atoms with Crippen LogP contribution in [-0.4, -0.2) is 23.9 Å². The van der Waals surface area contributed by atoms with Gasteiger partial charge in [0.15, 0.2) is 5.96 Å². The molecule has 1 N–H and O–H groups in total. The van der Waals surface area contributed by atoms with Gasteiger partial charge in [0.25, 0.3) is 0 Å². The molecule has 1 unspecified atom stereocenters. The number of alkyl halides is 9. The van der Waals surface area contributed by atoms with E-state index in [1.807, 2.05) is 0 Å². The highest BCUT2D eigenvalue weighted by molar-refractivity contribution is 5.96. The SMILES string of the molecule is COC(=O)C1=C(C)N(Cc2ccc(C(F)(F)F)cc2)C(=NCc2ccccc2C(F)(F)F)NC1c1cccc(C(F)(F)F)c1. The zero-order valence-electron chi connectivity index (χ0n) is 23.0. The van der Waals surface area contributed by atoms with Gasteiger partial charge in [0.1, 0.15) is 0 Å². The van der Waals surface area contributed by atoms with Crippen LogP contribution in [0.5, 0.6) is 0 Å². The highest BCUT2D eigenvalue weighted by atomic mass is 19.4. The number of benzene rings is 3. The number of nitrogens with one attached hydrogen (secondary N) is 1. The van der Waals surface area contributed by atoms with Gasteiger partial charge in [0.05, 0.1) is 48.5 Å². The van der Waals surface area contributed by atoms with Crippen molar-refractivity contribution in [3.8, 4) is 0 Å². The van der Waals surface area contributed by atoms with Crippen LogP contribution in [0, 0.1) is 0 Å². The Kier molecular flexibility index (Phi) is 9.03. The van der Waals surface area contributed by atoms with E-state index in [1.54, 1.807) is 0 Å². The molecule has 44 heavy (non-hydrogen) atoms. The van der Waals surface area contributed by atoms with Crippen LogP contribution in [-0.2, 0) is 41.1 Å². The molecule has 14 heteroatoms. The number of carbonyl (C=O) groups is 1. The molecule has 0 bridgehead atoms. The molecular formula is C30H24F9N3O2. The molecule has 3 aromatic rings. The first kappa shape index (κ1) is 32.4. The molecule has 1 atom stereocenters. The third-order valence-corrected chi connectivity index (χ3v) is 6.91. The molecule has 0 aromatic heterocycles. The summed E-state index contributed by atoms with van der Waals surface area (Å²) in [4.78, 5) is 18.6. The summed E-state index contributed by atoms with van der Waals surface area (Å²) in [7, 11) is 1.06. The molecule has 0 saturated carbocycles. The van der Waals surface area contributed by atoms with Crippen LogP contribution in [0.3, 0.4) is 0 Å². The fraction of sp³-hybridized carbons (Fsp3) is 0.267. The van der Waals surface area contributed by atoms with Crippen LogP contribution < -0.4 is 5.32 Å². The van der Waals surface area contributed by atoms with Crippen LogP contribution in [0.15, 0.2) is 89.1 Å². The summed E-state index contributed by atoms with van der Waals surface area (Å²) in [6.07, 6.45) is -14.0. The van der Waals surface area contributed by atoms with E-state index in [2.05, 4.69) is 10.3 Å². The summed E-state index contributed by atoms with van der Waals surface area (Å²) in [6.45, 7) is 0.696. The minimum absolute atomic E-state index is 0.0165. The maximum Gasteiger partial charge on any atom is 0.416 e. The number of ether oxygens (including phenoxy) is 1. The number of nitrogens with zero attached hydrogens (tertiary/aromatic N) is 2. The minimum atomic E-state index is -4.72. The van der Waals surface area contributed by atoms with Gasteiger partial charge in [0.2, 0.25) is 0 Å². The van der Waals surface area contributed by atoms with Gasteiger partial charge in [-0.2, -0.15) is 39.5 Å². The van der Waals surface area contributed by atoms with Gasteiger partial charge in [-0.3, -0.25) is 0 Å². The lowest BCUT2D eigenvalue weighted by Gasteiger charge is -2.38. The molecule has 4 rings (SSSR count). The molecule has 234 valence electrons. The zero-order valence-corrected chi connectivity index (χ0v) is 23.0. The van der Waals surface area contributed by atoms with Crippen LogP contribution in [0.2, 0.25) is 0 Å². The number of halogens is 9. The molecule has 5 nitrogen and oxygen atoms in total. The van der Waals surface area contributed by atoms with Gasteiger partial charge in [-0.1, -0.05) is 42.5 Å². The van der Waals surface area contributed by atoms with E-state index < -0.39 is 53.8 Å². The van der Waals surface area contributed by atoms with Crippen molar-refractivity contribution in [3.05, 3.63) is 117 Å². The Labute approximate surface area is 245 Å². The van der Waals surface area contributed by atoms with Gasteiger partial charge < -0.3 is 15.0 Å². The zero-order chi connectivity index (χ0) is 32.4. The van der Waals surface area contributed by atoms with Crippen molar-refractivity contribution < 1.29 is 49.0 Å². The first-order valence-corrected chi connectivity index (χ1v) is 12.9. The second kappa shape index (κ2) is 12.2. The lowest BCUT2D eigenvalue weighted by atomic mass is 9.93. The summed E-state index contributed by atoms with van der Waals surface area (Å²) in [5, 5.41) is 2.87. The predicted octanol–water partition coefficient (Wildman–Crippen LogP) is 7.89. The largest absolute Gasteiger partial charge is 0.466 e. The predicted molar refractivity (Wildman–Crippen MR) is 142 cm³/mol. The second-order valence-electron chi connectivity index (χ2n) is 9.77. The van der Waals surface area contributed by atoms with E-state index >= 15 is 0 Å². The highest BCUT2D eigenvalue weighted by Gasteiger charge is 2.38. The average molecular weight is 630 g/mol. The molecule has 0 amide bonds. The van der Waals surface area contributed by atoms with Gasteiger partial charge >= 0.3 is 24.5 Å². The van der Waals surface area contributed by atoms with Crippen molar-refractivity contribution in [3.63, 3.8) is 0 Å². The van der Waals surface area contributed by atoms with Crippen molar-refractivity contribution in [1.82, 2.24) is 10.2 Å². The number of esters is 1. The molecule has 0 saturated heterocycles. The molecule has 1 heterocycles. The van der Waals surface area contributed by atoms with E-state index in [4.69, 9.17) is 4.74 Å². The number of carbonyl (C=O) groups excluding carboxylic acids is 1. The first-order valence-electron chi connectivity index (χ1n) is 12.9. The molecule has 0 spiro atoms. The van der Waals surface area contributed by atoms with Gasteiger partial charge in [-0.15, -0.1) is 0 Å². The summed E-state index contributed by atoms with van der Waals surface area (Å²) >= 11 is 0. The van der Waals surface area contributed by atoms with Crippen molar-refractivity contribution in [2.45, 2.75) is 44.6 Å². The Morgan fingerprint density at radius 1 is 0.841 bits per heavy atom. The summed E-state index contributed by atoms with van der Waals surface area (Å²) in [5.74, 6) is -1.05. The summed E-state index contributed by atoms with van der Waals surface area (Å²) < 4.78 is 126. The third kappa shape index (κ3) is 7.17. The van der Waals surface area contributed by atoms with Crippen LogP contribution in [0.1, 0.15) is 46.3 Å². The fourth-order valence-electron chi connectivity index (χ4n) is 4.71. The molecule has 3 aromatic carbocycles. The lowest BCUT2D eigenvalue weighted by Crippen LogP contribution is -2.48. The number of rotatable bonds is 6. The van der Waals surface area contributed by atoms with E-state index in [0.29, 0.717) is 5.56 Å². The monoisotopic (exact) mass is 629 g/mol. The maximum absolute atomic E-state index is 13.6. The third-order valence-electron chi connectivity index (χ3n) is 6.91. The van der Waals surface area contributed by atoms with Gasteiger partial charge in [-0.05, 0) is 53.9 Å². The standard InChI is InChI=1S/C30H24F9N3O2/c1-17-24(26(43)44-2)25(19-7-5-8-22(14-19)29(34,35)36)41-27(40-15-20-6-3-4-9-23(20)30(37,38)39)42(17)16-18-10-12-21(13-11-18)28(31,32)33/h3-14,25H,15-16H2,1-2H3,(H,40,41). The Bertz CT molecular complexity index is 1570. The topological polar surface area (TPSA) is 53.9 Å². The number of allylic oxidation sites excluding steroid dienone is 1. The smallest absolute Gasteiger partial charge is 0.416 e. The molecule has 0 radical (unpaired) electrons. The second-order valence-corrected chi connectivity index (χ2v) is 9.77. The van der Waals surface area contributed by atoms with Crippen molar-refractivity contribution >= 4 is 11.9 Å². The van der Waals surface area contributed by atoms with Gasteiger partial charge in [0, 0.05) is 5.70 Å². The van der Waals surface area contributed by atoms with Crippen molar-refractivity contribution in [2.75, 3.05) is 7.11 Å². The number of methoxy groups -OCH3 is 1. The minimum Gasteiger partial charge on any atom is -0.466 e. The highest BCUT2D eigenvalue weighted by Crippen LogP contribution is 2.37. The molecular weight excluding hydrogens is 605 g/mol. The van der Waals surface area contributed by atoms with Crippen LogP contribution in [0.25, 0.3) is 0 Å². The van der Waals surface area contributed by atoms with E-state index in [9.17, 15) is 44.3 Å². The Morgan fingerprint density at radius 3 is 2.07 bits per heavy atom. The Morgan fingerprint density at radius 2 is 1.48 bits per heavy atom. The fourth-order valence-corrected chi connectivity index (χ4v) is 4.71. The van der Waals surface area contributed by atoms with E-state index in [1.165, 1.54) is 48.2 Å². The Hall–Kier alpha value is -4.49. The molecule has 0 aliphatic carbocycles. The molecule has 1 aliphatic heterocycles. The maximum atomic E-state index is 13.6. The summed E-state index contributed by atoms with van der Waals surface area (Å²) in [6, 6.07) is 11.6. The van der Waals surface area contributed by atoms with E-state index in [-0.39, 0.29) is 34.9 Å². The number of hydrogen-bond donors (Lipinski definition) is 1. The van der Waals surface area contributed by atoms with Crippen LogP contribution >= 0.6 is 0 Å². The molecule has 0 fully saturated rings. The number of hydrogen-bond acceptors (Lipinski definition) is 3. The van der Waals surface area contributed by atoms with Crippen molar-refractivity contribution in [2.24, 2.45) is 4.99 Å². The van der Waals surface area contributed by atoms with E-state index in [0.717, 1.165) is 43.5 Å². The lowest BCUT2D eigenvalue weighted by molar-refractivity contribution is -0.138. The quantitative estimate of drug-likeness (QED) is 0.223. The average Bonchev–Trinajstić information content (AvgIpc) is 2.96. The van der Waals surface area contributed by atoms with Gasteiger partial charge in [-0.25, -0.2) is 9.79 Å². The molecule has 1 aliphatic rings. The first-order chi connectivity index (χ1) is 20.5.